The molecule has 1 fully saturated rings. The minimum Gasteiger partial charge on any atom is -0.495 e. The van der Waals surface area contributed by atoms with E-state index >= 15 is 0 Å². The number of carbonyl (C=O) groups excluding carboxylic acids is 1. The molecule has 1 unspecified atom stereocenters. The van der Waals surface area contributed by atoms with Crippen LogP contribution in [0.3, 0.4) is 0 Å². The summed E-state index contributed by atoms with van der Waals surface area (Å²) in [6.45, 7) is 3.09. The van der Waals surface area contributed by atoms with E-state index in [4.69, 9.17) is 4.74 Å². The SMILES string of the molecule is CNCC(=O)NCC1CCN(c2ccccc2OC)C1.Cl. The molecule has 1 aliphatic heterocycles. The summed E-state index contributed by atoms with van der Waals surface area (Å²) in [7, 11) is 3.48. The highest BCUT2D eigenvalue weighted by Crippen LogP contribution is 2.31. The minimum absolute atomic E-state index is 0. The lowest BCUT2D eigenvalue weighted by Gasteiger charge is -2.21. The molecule has 1 heterocycles. The molecule has 0 aliphatic carbocycles. The Kier molecular flexibility index (Phi) is 7.32. The predicted molar refractivity (Wildman–Crippen MR) is 87.5 cm³/mol. The molecule has 0 bridgehead atoms. The molecule has 2 N–H and O–H groups in total. The Labute approximate surface area is 132 Å². The van der Waals surface area contributed by atoms with Crippen LogP contribution in [0.25, 0.3) is 0 Å². The Morgan fingerprint density at radius 3 is 2.90 bits per heavy atom. The minimum atomic E-state index is 0. The molecule has 0 spiro atoms. The summed E-state index contributed by atoms with van der Waals surface area (Å²) in [5.74, 6) is 1.47. The maximum atomic E-state index is 11.4. The Bertz CT molecular complexity index is 456. The van der Waals surface area contributed by atoms with Gasteiger partial charge in [-0.05, 0) is 31.5 Å². The van der Waals surface area contributed by atoms with Gasteiger partial charge in [-0.25, -0.2) is 0 Å². The highest BCUT2D eigenvalue weighted by molar-refractivity contribution is 5.85. The largest absolute Gasteiger partial charge is 0.495 e. The van der Waals surface area contributed by atoms with Gasteiger partial charge in [0.25, 0.3) is 0 Å². The molecule has 1 amide bonds. The molecule has 1 saturated heterocycles. The number of hydrogen-bond donors (Lipinski definition) is 2. The molecule has 6 heteroatoms. The lowest BCUT2D eigenvalue weighted by molar-refractivity contribution is -0.120. The first-order chi connectivity index (χ1) is 9.74. The van der Waals surface area contributed by atoms with Crippen LogP contribution in [0.5, 0.6) is 5.75 Å². The van der Waals surface area contributed by atoms with Crippen molar-refractivity contribution in [2.24, 2.45) is 5.92 Å². The fraction of sp³-hybridized carbons (Fsp3) is 0.533. The van der Waals surface area contributed by atoms with E-state index in [0.29, 0.717) is 12.5 Å². The van der Waals surface area contributed by atoms with E-state index in [1.165, 1.54) is 0 Å². The van der Waals surface area contributed by atoms with Crippen molar-refractivity contribution >= 4 is 24.0 Å². The van der Waals surface area contributed by atoms with Crippen LogP contribution in [0.4, 0.5) is 5.69 Å². The number of benzene rings is 1. The Morgan fingerprint density at radius 1 is 1.43 bits per heavy atom. The van der Waals surface area contributed by atoms with Crippen molar-refractivity contribution < 1.29 is 9.53 Å². The standard InChI is InChI=1S/C15H23N3O2.ClH/c1-16-10-15(19)17-9-12-7-8-18(11-12)13-5-3-4-6-14(13)20-2;/h3-6,12,16H,7-11H2,1-2H3,(H,17,19);1H. The molecule has 0 saturated carbocycles. The number of nitrogens with one attached hydrogen (secondary N) is 2. The highest BCUT2D eigenvalue weighted by atomic mass is 35.5. The van der Waals surface area contributed by atoms with E-state index in [9.17, 15) is 4.79 Å². The number of nitrogens with zero attached hydrogens (tertiary/aromatic N) is 1. The summed E-state index contributed by atoms with van der Waals surface area (Å²) < 4.78 is 5.40. The molecule has 1 aromatic rings. The Hall–Kier alpha value is -1.46. The number of anilines is 1. The second-order valence-electron chi connectivity index (χ2n) is 5.11. The fourth-order valence-electron chi connectivity index (χ4n) is 2.59. The van der Waals surface area contributed by atoms with Crippen LogP contribution in [0.1, 0.15) is 6.42 Å². The molecule has 0 aromatic heterocycles. The van der Waals surface area contributed by atoms with Gasteiger partial charge in [0.1, 0.15) is 5.75 Å². The number of amides is 1. The number of halogens is 1. The number of rotatable bonds is 6. The molecule has 118 valence electrons. The van der Waals surface area contributed by atoms with Crippen molar-refractivity contribution in [2.45, 2.75) is 6.42 Å². The van der Waals surface area contributed by atoms with Crippen molar-refractivity contribution in [3.63, 3.8) is 0 Å². The second-order valence-corrected chi connectivity index (χ2v) is 5.11. The molecule has 1 aliphatic rings. The number of hydrogen-bond acceptors (Lipinski definition) is 4. The lowest BCUT2D eigenvalue weighted by atomic mass is 10.1. The normalized spacial score (nSPS) is 17.2. The van der Waals surface area contributed by atoms with Gasteiger partial charge in [0.2, 0.25) is 5.91 Å². The molecule has 0 radical (unpaired) electrons. The number of para-hydroxylation sites is 2. The average molecular weight is 314 g/mol. The number of ether oxygens (including phenoxy) is 1. The van der Waals surface area contributed by atoms with E-state index in [2.05, 4.69) is 21.6 Å². The zero-order valence-electron chi connectivity index (χ0n) is 12.6. The topological polar surface area (TPSA) is 53.6 Å². The van der Waals surface area contributed by atoms with E-state index in [1.807, 2.05) is 18.2 Å². The fourth-order valence-corrected chi connectivity index (χ4v) is 2.59. The summed E-state index contributed by atoms with van der Waals surface area (Å²) >= 11 is 0. The zero-order chi connectivity index (χ0) is 14.4. The number of likely N-dealkylation sites (N-methyl/N-ethyl adjacent to an activating group) is 1. The average Bonchev–Trinajstić information content (AvgIpc) is 2.94. The third-order valence-electron chi connectivity index (χ3n) is 3.64. The maximum absolute atomic E-state index is 11.4. The first-order valence-electron chi connectivity index (χ1n) is 7.04. The monoisotopic (exact) mass is 313 g/mol. The van der Waals surface area contributed by atoms with Gasteiger partial charge in [0.15, 0.2) is 0 Å². The van der Waals surface area contributed by atoms with Crippen LogP contribution in [0, 0.1) is 5.92 Å². The molecule has 1 atom stereocenters. The van der Waals surface area contributed by atoms with Crippen molar-refractivity contribution in [1.82, 2.24) is 10.6 Å². The van der Waals surface area contributed by atoms with Crippen molar-refractivity contribution in [1.29, 1.82) is 0 Å². The molecule has 5 nitrogen and oxygen atoms in total. The first kappa shape index (κ1) is 17.6. The summed E-state index contributed by atoms with van der Waals surface area (Å²) in [5.41, 5.74) is 1.14. The molecular formula is C15H24ClN3O2. The molecule has 21 heavy (non-hydrogen) atoms. The van der Waals surface area contributed by atoms with Crippen molar-refractivity contribution in [3.05, 3.63) is 24.3 Å². The van der Waals surface area contributed by atoms with E-state index < -0.39 is 0 Å². The quantitative estimate of drug-likeness (QED) is 0.831. The summed E-state index contributed by atoms with van der Waals surface area (Å²) in [6, 6.07) is 8.08. The van der Waals surface area contributed by atoms with Crippen LogP contribution in [-0.4, -0.2) is 46.2 Å². The summed E-state index contributed by atoms with van der Waals surface area (Å²) in [6.07, 6.45) is 1.10. The van der Waals surface area contributed by atoms with Crippen LogP contribution >= 0.6 is 12.4 Å². The summed E-state index contributed by atoms with van der Waals surface area (Å²) in [4.78, 5) is 13.8. The maximum Gasteiger partial charge on any atom is 0.233 e. The number of carbonyl (C=O) groups is 1. The van der Waals surface area contributed by atoms with Crippen LogP contribution in [0.15, 0.2) is 24.3 Å². The zero-order valence-corrected chi connectivity index (χ0v) is 13.4. The third-order valence-corrected chi connectivity index (χ3v) is 3.64. The van der Waals surface area contributed by atoms with E-state index in [0.717, 1.165) is 37.5 Å². The van der Waals surface area contributed by atoms with Gasteiger partial charge < -0.3 is 20.3 Å². The van der Waals surface area contributed by atoms with Crippen molar-refractivity contribution in [2.75, 3.05) is 45.2 Å². The lowest BCUT2D eigenvalue weighted by Crippen LogP contribution is -2.36. The Morgan fingerprint density at radius 2 is 2.19 bits per heavy atom. The van der Waals surface area contributed by atoms with Crippen LogP contribution < -0.4 is 20.3 Å². The number of methoxy groups -OCH3 is 1. The molecular weight excluding hydrogens is 290 g/mol. The van der Waals surface area contributed by atoms with Crippen LogP contribution in [0.2, 0.25) is 0 Å². The van der Waals surface area contributed by atoms with Gasteiger partial charge in [-0.3, -0.25) is 4.79 Å². The van der Waals surface area contributed by atoms with Crippen LogP contribution in [-0.2, 0) is 4.79 Å². The van der Waals surface area contributed by atoms with Gasteiger partial charge in [0.05, 0.1) is 19.3 Å². The third kappa shape index (κ3) is 4.79. The van der Waals surface area contributed by atoms with E-state index in [1.54, 1.807) is 14.2 Å². The Balaban J connectivity index is 0.00000220. The van der Waals surface area contributed by atoms with E-state index in [-0.39, 0.29) is 18.3 Å². The van der Waals surface area contributed by atoms with Gasteiger partial charge >= 0.3 is 0 Å². The summed E-state index contributed by atoms with van der Waals surface area (Å²) in [5, 5.41) is 5.82. The van der Waals surface area contributed by atoms with Crippen molar-refractivity contribution in [3.8, 4) is 5.75 Å². The second kappa shape index (κ2) is 8.74. The molecule has 1 aromatic carbocycles. The predicted octanol–water partition coefficient (Wildman–Crippen LogP) is 1.28. The smallest absolute Gasteiger partial charge is 0.233 e. The van der Waals surface area contributed by atoms with Gasteiger partial charge in [-0.15, -0.1) is 12.4 Å². The van der Waals surface area contributed by atoms with Gasteiger partial charge in [0, 0.05) is 19.6 Å². The van der Waals surface area contributed by atoms with Gasteiger partial charge in [-0.2, -0.15) is 0 Å². The van der Waals surface area contributed by atoms with Gasteiger partial charge in [-0.1, -0.05) is 12.1 Å². The first-order valence-corrected chi connectivity index (χ1v) is 7.04. The highest BCUT2D eigenvalue weighted by Gasteiger charge is 2.24. The molecule has 2 rings (SSSR count).